The van der Waals surface area contributed by atoms with Crippen molar-refractivity contribution in [2.75, 3.05) is 26.7 Å². The summed E-state index contributed by atoms with van der Waals surface area (Å²) in [5, 5.41) is 11.2. The Morgan fingerprint density at radius 2 is 1.74 bits per heavy atom. The van der Waals surface area contributed by atoms with Crippen LogP contribution in [0, 0.1) is 5.41 Å². The molecule has 1 spiro atoms. The summed E-state index contributed by atoms with van der Waals surface area (Å²) >= 11 is 0. The Kier molecular flexibility index (Phi) is 7.31. The van der Waals surface area contributed by atoms with E-state index in [4.69, 9.17) is 4.74 Å². The summed E-state index contributed by atoms with van der Waals surface area (Å²) in [5.74, 6) is 1.46. The molecule has 0 aromatic heterocycles. The van der Waals surface area contributed by atoms with Gasteiger partial charge in [0.25, 0.3) is 0 Å². The zero-order chi connectivity index (χ0) is 21.7. The maximum atomic E-state index is 5.28. The van der Waals surface area contributed by atoms with Gasteiger partial charge in [0.05, 0.1) is 7.11 Å². The molecule has 0 bridgehead atoms. The van der Waals surface area contributed by atoms with E-state index in [2.05, 4.69) is 66.2 Å². The number of rotatable bonds is 9. The second-order valence-electron chi connectivity index (χ2n) is 9.88. The van der Waals surface area contributed by atoms with Crippen LogP contribution >= 0.6 is 0 Å². The number of ether oxygens (including phenoxy) is 1. The van der Waals surface area contributed by atoms with E-state index in [9.17, 15) is 0 Å². The second kappa shape index (κ2) is 10.2. The molecule has 0 amide bonds. The summed E-state index contributed by atoms with van der Waals surface area (Å²) in [6.07, 6.45) is 5.34. The monoisotopic (exact) mass is 421 g/mol. The average molecular weight is 422 g/mol. The lowest BCUT2D eigenvalue weighted by molar-refractivity contribution is 0.0402. The summed E-state index contributed by atoms with van der Waals surface area (Å²) < 4.78 is 5.28. The smallest absolute Gasteiger partial charge is 0.118 e. The lowest BCUT2D eigenvalue weighted by atomic mass is 9.60. The third-order valence-corrected chi connectivity index (χ3v) is 7.28. The molecule has 4 rings (SSSR count). The van der Waals surface area contributed by atoms with E-state index < -0.39 is 0 Å². The molecule has 4 nitrogen and oxygen atoms in total. The molecule has 1 saturated heterocycles. The van der Waals surface area contributed by atoms with Gasteiger partial charge in [0.2, 0.25) is 0 Å². The minimum absolute atomic E-state index is 0.334. The first-order valence-electron chi connectivity index (χ1n) is 12.0. The van der Waals surface area contributed by atoms with Gasteiger partial charge < -0.3 is 20.7 Å². The molecular weight excluding hydrogens is 382 g/mol. The molecule has 2 aromatic rings. The highest BCUT2D eigenvalue weighted by atomic mass is 16.5. The van der Waals surface area contributed by atoms with Crippen LogP contribution in [0.4, 0.5) is 0 Å². The van der Waals surface area contributed by atoms with Gasteiger partial charge in [-0.25, -0.2) is 0 Å². The van der Waals surface area contributed by atoms with E-state index in [-0.39, 0.29) is 0 Å². The Morgan fingerprint density at radius 1 is 1.03 bits per heavy atom. The molecule has 4 heteroatoms. The third kappa shape index (κ3) is 5.68. The summed E-state index contributed by atoms with van der Waals surface area (Å²) in [7, 11) is 1.71. The van der Waals surface area contributed by atoms with Gasteiger partial charge in [-0.3, -0.25) is 0 Å². The van der Waals surface area contributed by atoms with Crippen LogP contribution in [0.15, 0.2) is 48.5 Å². The SMILES string of the molecule is COc1ccc(CNCC(NC2CC3(CCNCC3)C2)c2cccc(C(C)C)c2)cc1. The summed E-state index contributed by atoms with van der Waals surface area (Å²) in [4.78, 5) is 0. The van der Waals surface area contributed by atoms with Crippen molar-refractivity contribution in [1.82, 2.24) is 16.0 Å². The highest BCUT2D eigenvalue weighted by Gasteiger charge is 2.44. The number of methoxy groups -OCH3 is 1. The van der Waals surface area contributed by atoms with Crippen LogP contribution in [0.5, 0.6) is 5.75 Å². The van der Waals surface area contributed by atoms with Crippen molar-refractivity contribution in [3.05, 3.63) is 65.2 Å². The lowest BCUT2D eigenvalue weighted by Gasteiger charge is -2.51. The quantitative estimate of drug-likeness (QED) is 0.546. The van der Waals surface area contributed by atoms with Gasteiger partial charge in [0.1, 0.15) is 5.75 Å². The Balaban J connectivity index is 1.39. The van der Waals surface area contributed by atoms with E-state index in [0.29, 0.717) is 23.4 Å². The van der Waals surface area contributed by atoms with Gasteiger partial charge in [-0.1, -0.05) is 50.2 Å². The van der Waals surface area contributed by atoms with Crippen LogP contribution in [-0.2, 0) is 6.54 Å². The van der Waals surface area contributed by atoms with Crippen molar-refractivity contribution in [1.29, 1.82) is 0 Å². The molecule has 31 heavy (non-hydrogen) atoms. The van der Waals surface area contributed by atoms with Gasteiger partial charge in [-0.05, 0) is 78.9 Å². The summed E-state index contributed by atoms with van der Waals surface area (Å²) in [5.41, 5.74) is 4.71. The fourth-order valence-corrected chi connectivity index (χ4v) is 5.27. The van der Waals surface area contributed by atoms with Crippen molar-refractivity contribution >= 4 is 0 Å². The first-order valence-corrected chi connectivity index (χ1v) is 12.0. The largest absolute Gasteiger partial charge is 0.497 e. The molecule has 1 atom stereocenters. The number of benzene rings is 2. The normalized spacial score (nSPS) is 19.4. The Bertz CT molecular complexity index is 819. The van der Waals surface area contributed by atoms with Crippen molar-refractivity contribution < 1.29 is 4.74 Å². The molecule has 1 saturated carbocycles. The maximum absolute atomic E-state index is 5.28. The van der Waals surface area contributed by atoms with E-state index in [1.165, 1.54) is 55.5 Å². The lowest BCUT2D eigenvalue weighted by Crippen LogP contribution is -2.54. The van der Waals surface area contributed by atoms with Gasteiger partial charge in [0.15, 0.2) is 0 Å². The first kappa shape index (κ1) is 22.3. The molecule has 1 unspecified atom stereocenters. The van der Waals surface area contributed by atoms with Crippen LogP contribution in [0.3, 0.4) is 0 Å². The number of piperidine rings is 1. The number of hydrogen-bond acceptors (Lipinski definition) is 4. The zero-order valence-electron chi connectivity index (χ0n) is 19.4. The Hall–Kier alpha value is -1.88. The van der Waals surface area contributed by atoms with Crippen LogP contribution < -0.4 is 20.7 Å². The standard InChI is InChI=1S/C27H39N3O/c1-20(2)22-5-4-6-23(15-22)26(19-29-18-21-7-9-25(31-3)10-8-21)30-24-16-27(17-24)11-13-28-14-12-27/h4-10,15,20,24,26,28-30H,11-14,16-19H2,1-3H3. The molecule has 168 valence electrons. The van der Waals surface area contributed by atoms with Crippen molar-refractivity contribution in [2.45, 2.75) is 64.1 Å². The Labute approximate surface area is 188 Å². The van der Waals surface area contributed by atoms with E-state index in [1.807, 2.05) is 12.1 Å². The summed E-state index contributed by atoms with van der Waals surface area (Å²) in [6.45, 7) is 8.73. The van der Waals surface area contributed by atoms with Crippen LogP contribution in [-0.4, -0.2) is 32.8 Å². The van der Waals surface area contributed by atoms with E-state index in [1.54, 1.807) is 7.11 Å². The zero-order valence-corrected chi connectivity index (χ0v) is 19.4. The molecular formula is C27H39N3O. The second-order valence-corrected chi connectivity index (χ2v) is 9.88. The third-order valence-electron chi connectivity index (χ3n) is 7.28. The van der Waals surface area contributed by atoms with Gasteiger partial charge >= 0.3 is 0 Å². The first-order chi connectivity index (χ1) is 15.1. The molecule has 2 aromatic carbocycles. The van der Waals surface area contributed by atoms with Crippen LogP contribution in [0.1, 0.15) is 68.2 Å². The van der Waals surface area contributed by atoms with Gasteiger partial charge in [0, 0.05) is 25.2 Å². The minimum Gasteiger partial charge on any atom is -0.497 e. The molecule has 1 aliphatic heterocycles. The maximum Gasteiger partial charge on any atom is 0.118 e. The van der Waals surface area contributed by atoms with Crippen molar-refractivity contribution in [2.24, 2.45) is 5.41 Å². The van der Waals surface area contributed by atoms with Gasteiger partial charge in [-0.15, -0.1) is 0 Å². The molecule has 1 heterocycles. The average Bonchev–Trinajstić information content (AvgIpc) is 2.78. The van der Waals surface area contributed by atoms with Gasteiger partial charge in [-0.2, -0.15) is 0 Å². The molecule has 2 aliphatic rings. The van der Waals surface area contributed by atoms with E-state index >= 15 is 0 Å². The predicted molar refractivity (Wildman–Crippen MR) is 129 cm³/mol. The number of hydrogen-bond donors (Lipinski definition) is 3. The highest BCUT2D eigenvalue weighted by molar-refractivity contribution is 5.29. The Morgan fingerprint density at radius 3 is 2.42 bits per heavy atom. The highest BCUT2D eigenvalue weighted by Crippen LogP contribution is 2.48. The van der Waals surface area contributed by atoms with Crippen LogP contribution in [0.2, 0.25) is 0 Å². The molecule has 3 N–H and O–H groups in total. The van der Waals surface area contributed by atoms with Crippen molar-refractivity contribution in [3.8, 4) is 5.75 Å². The van der Waals surface area contributed by atoms with Crippen molar-refractivity contribution in [3.63, 3.8) is 0 Å². The predicted octanol–water partition coefficient (Wildman–Crippen LogP) is 4.77. The molecule has 2 fully saturated rings. The van der Waals surface area contributed by atoms with E-state index in [0.717, 1.165) is 18.8 Å². The topological polar surface area (TPSA) is 45.3 Å². The molecule has 0 radical (unpaired) electrons. The fourth-order valence-electron chi connectivity index (χ4n) is 5.27. The number of nitrogens with one attached hydrogen (secondary N) is 3. The van der Waals surface area contributed by atoms with Crippen LogP contribution in [0.25, 0.3) is 0 Å². The summed E-state index contributed by atoms with van der Waals surface area (Å²) in [6, 6.07) is 18.5. The molecule has 1 aliphatic carbocycles. The minimum atomic E-state index is 0.334. The fraction of sp³-hybridized carbons (Fsp3) is 0.556.